The van der Waals surface area contributed by atoms with Gasteiger partial charge in [-0.15, -0.1) is 0 Å². The maximum atomic E-state index is 13.7. The van der Waals surface area contributed by atoms with Crippen molar-refractivity contribution in [1.82, 2.24) is 4.72 Å². The Morgan fingerprint density at radius 1 is 1.00 bits per heavy atom. The lowest BCUT2D eigenvalue weighted by atomic mass is 9.86. The monoisotopic (exact) mass is 353 g/mol. The average molecular weight is 353 g/mol. The van der Waals surface area contributed by atoms with Gasteiger partial charge in [0.25, 0.3) is 0 Å². The van der Waals surface area contributed by atoms with Gasteiger partial charge in [0.05, 0.1) is 0 Å². The molecule has 24 heavy (non-hydrogen) atoms. The summed E-state index contributed by atoms with van der Waals surface area (Å²) in [5, 5.41) is 0. The molecule has 3 nitrogen and oxygen atoms in total. The van der Waals surface area contributed by atoms with E-state index < -0.39 is 32.6 Å². The summed E-state index contributed by atoms with van der Waals surface area (Å²) in [6, 6.07) is 9.41. The molecule has 0 radical (unpaired) electrons. The van der Waals surface area contributed by atoms with Crippen LogP contribution >= 0.6 is 0 Å². The molecule has 6 heteroatoms. The van der Waals surface area contributed by atoms with E-state index in [0.29, 0.717) is 6.07 Å². The van der Waals surface area contributed by atoms with Crippen molar-refractivity contribution in [2.45, 2.75) is 44.0 Å². The van der Waals surface area contributed by atoms with Crippen LogP contribution in [0, 0.1) is 11.6 Å². The van der Waals surface area contributed by atoms with Crippen LogP contribution in [0.4, 0.5) is 8.78 Å². The first-order valence-corrected chi connectivity index (χ1v) is 9.07. The van der Waals surface area contributed by atoms with Crippen molar-refractivity contribution in [3.63, 3.8) is 0 Å². The predicted molar refractivity (Wildman–Crippen MR) is 90.2 cm³/mol. The third-order valence-corrected chi connectivity index (χ3v) is 5.37. The minimum Gasteiger partial charge on any atom is -0.207 e. The van der Waals surface area contributed by atoms with Crippen LogP contribution in [-0.4, -0.2) is 8.42 Å². The average Bonchev–Trinajstić information content (AvgIpc) is 2.45. The fourth-order valence-electron chi connectivity index (χ4n) is 2.33. The molecule has 0 aliphatic carbocycles. The lowest BCUT2D eigenvalue weighted by molar-refractivity contribution is 0.536. The minimum absolute atomic E-state index is 0.00147. The summed E-state index contributed by atoms with van der Waals surface area (Å²) in [6.45, 7) is 7.94. The van der Waals surface area contributed by atoms with Gasteiger partial charge in [-0.1, -0.05) is 45.0 Å². The van der Waals surface area contributed by atoms with Crippen LogP contribution in [0.1, 0.15) is 44.9 Å². The number of nitrogens with one attached hydrogen (secondary N) is 1. The van der Waals surface area contributed by atoms with E-state index in [9.17, 15) is 17.2 Å². The predicted octanol–water partition coefficient (Wildman–Crippen LogP) is 4.30. The van der Waals surface area contributed by atoms with Gasteiger partial charge >= 0.3 is 0 Å². The zero-order chi connectivity index (χ0) is 18.1. The summed E-state index contributed by atoms with van der Waals surface area (Å²) < 4.78 is 53.7. The number of hydrogen-bond donors (Lipinski definition) is 1. The lowest BCUT2D eigenvalue weighted by Gasteiger charge is -2.20. The molecule has 1 atom stereocenters. The molecule has 2 rings (SSSR count). The van der Waals surface area contributed by atoms with E-state index in [0.717, 1.165) is 23.3 Å². The molecule has 0 amide bonds. The quantitative estimate of drug-likeness (QED) is 0.891. The number of rotatable bonds is 4. The topological polar surface area (TPSA) is 46.2 Å². The molecule has 0 saturated carbocycles. The summed E-state index contributed by atoms with van der Waals surface area (Å²) in [7, 11) is -4.09. The van der Waals surface area contributed by atoms with Crippen LogP contribution in [0.5, 0.6) is 0 Å². The zero-order valence-corrected chi connectivity index (χ0v) is 14.9. The normalized spacial score (nSPS) is 13.8. The van der Waals surface area contributed by atoms with Gasteiger partial charge in [-0.2, -0.15) is 0 Å². The Hall–Kier alpha value is -1.79. The SMILES string of the molecule is CC(NS(=O)(=O)c1ccc(F)cc1F)c1ccc(C(C)(C)C)cc1. The second-order valence-electron chi connectivity index (χ2n) is 6.79. The Morgan fingerprint density at radius 2 is 1.58 bits per heavy atom. The maximum absolute atomic E-state index is 13.7. The molecule has 0 saturated heterocycles. The Labute approximate surface area is 141 Å². The Bertz CT molecular complexity index is 825. The van der Waals surface area contributed by atoms with Gasteiger partial charge in [-0.05, 0) is 35.6 Å². The van der Waals surface area contributed by atoms with Gasteiger partial charge in [-0.25, -0.2) is 21.9 Å². The van der Waals surface area contributed by atoms with Gasteiger partial charge in [0.15, 0.2) is 0 Å². The molecule has 0 spiro atoms. The fourth-order valence-corrected chi connectivity index (χ4v) is 3.62. The molecule has 0 aromatic heterocycles. The number of benzene rings is 2. The lowest BCUT2D eigenvalue weighted by Crippen LogP contribution is -2.27. The van der Waals surface area contributed by atoms with Crippen molar-refractivity contribution in [3.05, 3.63) is 65.2 Å². The van der Waals surface area contributed by atoms with Crippen LogP contribution in [0.25, 0.3) is 0 Å². The summed E-state index contributed by atoms with van der Waals surface area (Å²) in [4.78, 5) is -0.568. The van der Waals surface area contributed by atoms with Gasteiger partial charge in [0, 0.05) is 12.1 Å². The molecule has 2 aromatic carbocycles. The molecule has 0 aliphatic heterocycles. The minimum atomic E-state index is -4.09. The largest absolute Gasteiger partial charge is 0.244 e. The summed E-state index contributed by atoms with van der Waals surface area (Å²) in [6.07, 6.45) is 0. The van der Waals surface area contributed by atoms with Crippen molar-refractivity contribution in [2.75, 3.05) is 0 Å². The molecule has 0 aliphatic rings. The van der Waals surface area contributed by atoms with Crippen LogP contribution < -0.4 is 4.72 Å². The highest BCUT2D eigenvalue weighted by Crippen LogP contribution is 2.25. The molecule has 130 valence electrons. The van der Waals surface area contributed by atoms with Crippen molar-refractivity contribution in [2.24, 2.45) is 0 Å². The van der Waals surface area contributed by atoms with Crippen LogP contribution in [0.3, 0.4) is 0 Å². The van der Waals surface area contributed by atoms with Crippen LogP contribution in [-0.2, 0) is 15.4 Å². The van der Waals surface area contributed by atoms with Gasteiger partial charge in [0.1, 0.15) is 16.5 Å². The van der Waals surface area contributed by atoms with E-state index in [1.807, 2.05) is 24.3 Å². The number of hydrogen-bond acceptors (Lipinski definition) is 2. The van der Waals surface area contributed by atoms with Gasteiger partial charge in [0.2, 0.25) is 10.0 Å². The summed E-state index contributed by atoms with van der Waals surface area (Å²) >= 11 is 0. The van der Waals surface area contributed by atoms with E-state index in [1.165, 1.54) is 0 Å². The van der Waals surface area contributed by atoms with E-state index in [4.69, 9.17) is 0 Å². The summed E-state index contributed by atoms with van der Waals surface area (Å²) in [5.41, 5.74) is 1.89. The first-order chi connectivity index (χ1) is 11.0. The molecular formula is C18H21F2NO2S. The van der Waals surface area contributed by atoms with Gasteiger partial charge < -0.3 is 0 Å². The molecular weight excluding hydrogens is 332 g/mol. The molecule has 1 N–H and O–H groups in total. The Morgan fingerprint density at radius 3 is 2.08 bits per heavy atom. The molecule has 1 unspecified atom stereocenters. The first-order valence-electron chi connectivity index (χ1n) is 7.58. The zero-order valence-electron chi connectivity index (χ0n) is 14.1. The Kier molecular flexibility index (Phi) is 5.11. The smallest absolute Gasteiger partial charge is 0.207 e. The second kappa shape index (κ2) is 6.61. The van der Waals surface area contributed by atoms with Crippen molar-refractivity contribution >= 4 is 10.0 Å². The van der Waals surface area contributed by atoms with Crippen LogP contribution in [0.15, 0.2) is 47.4 Å². The third kappa shape index (κ3) is 4.19. The number of sulfonamides is 1. The number of halogens is 2. The van der Waals surface area contributed by atoms with E-state index >= 15 is 0 Å². The highest BCUT2D eigenvalue weighted by Gasteiger charge is 2.23. The van der Waals surface area contributed by atoms with Crippen molar-refractivity contribution in [3.8, 4) is 0 Å². The fraction of sp³-hybridized carbons (Fsp3) is 0.333. The van der Waals surface area contributed by atoms with Crippen molar-refractivity contribution < 1.29 is 17.2 Å². The molecule has 2 aromatic rings. The first kappa shape index (κ1) is 18.5. The van der Waals surface area contributed by atoms with E-state index in [1.54, 1.807) is 6.92 Å². The van der Waals surface area contributed by atoms with E-state index in [-0.39, 0.29) is 5.41 Å². The molecule has 0 bridgehead atoms. The molecule has 0 heterocycles. The third-order valence-electron chi connectivity index (χ3n) is 3.79. The second-order valence-corrected chi connectivity index (χ2v) is 8.47. The van der Waals surface area contributed by atoms with Crippen LogP contribution in [0.2, 0.25) is 0 Å². The van der Waals surface area contributed by atoms with Crippen molar-refractivity contribution in [1.29, 1.82) is 0 Å². The van der Waals surface area contributed by atoms with Gasteiger partial charge in [-0.3, -0.25) is 0 Å². The highest BCUT2D eigenvalue weighted by atomic mass is 32.2. The standard InChI is InChI=1S/C18H21F2NO2S/c1-12(13-5-7-14(8-6-13)18(2,3)4)21-24(22,23)17-10-9-15(19)11-16(17)20/h5-12,21H,1-4H3. The maximum Gasteiger partial charge on any atom is 0.244 e. The summed E-state index contributed by atoms with van der Waals surface area (Å²) in [5.74, 6) is -1.94. The van der Waals surface area contributed by atoms with E-state index in [2.05, 4.69) is 25.5 Å². The Balaban J connectivity index is 2.23. The highest BCUT2D eigenvalue weighted by molar-refractivity contribution is 7.89. The molecule has 0 fully saturated rings.